The van der Waals surface area contributed by atoms with Gasteiger partial charge >= 0.3 is 6.18 Å². The molecule has 4 rings (SSSR count). The van der Waals surface area contributed by atoms with Crippen molar-refractivity contribution in [3.63, 3.8) is 0 Å². The van der Waals surface area contributed by atoms with Crippen LogP contribution in [-0.2, 0) is 12.7 Å². The first-order chi connectivity index (χ1) is 12.8. The van der Waals surface area contributed by atoms with E-state index in [1.807, 2.05) is 0 Å². The van der Waals surface area contributed by atoms with E-state index in [0.29, 0.717) is 27.7 Å². The maximum absolute atomic E-state index is 12.7. The maximum atomic E-state index is 12.7. The smallest absolute Gasteiger partial charge is 0.366 e. The van der Waals surface area contributed by atoms with Crippen LogP contribution in [0.5, 0.6) is 0 Å². The maximum Gasteiger partial charge on any atom is 0.417 e. The highest BCUT2D eigenvalue weighted by atomic mass is 19.4. The largest absolute Gasteiger partial charge is 0.417 e. The average molecular weight is 371 g/mol. The Kier molecular flexibility index (Phi) is 3.79. The molecule has 0 bridgehead atoms. The number of alkyl halides is 3. The third kappa shape index (κ3) is 3.07. The number of pyridine rings is 2. The molecule has 0 radical (unpaired) electrons. The summed E-state index contributed by atoms with van der Waals surface area (Å²) >= 11 is 0. The molecule has 0 fully saturated rings. The Bertz CT molecular complexity index is 1170. The minimum Gasteiger partial charge on any atom is -0.366 e. The molecule has 0 atom stereocenters. The first-order valence-electron chi connectivity index (χ1n) is 7.89. The van der Waals surface area contributed by atoms with Crippen molar-refractivity contribution in [2.24, 2.45) is 5.73 Å². The van der Waals surface area contributed by atoms with Crippen molar-refractivity contribution in [1.29, 1.82) is 0 Å². The molecule has 4 aromatic rings. The number of nitrogens with zero attached hydrogens (tertiary/aromatic N) is 4. The van der Waals surface area contributed by atoms with E-state index in [2.05, 4.69) is 15.1 Å². The molecule has 2 N–H and O–H groups in total. The van der Waals surface area contributed by atoms with Gasteiger partial charge in [0.2, 0.25) is 5.91 Å². The highest BCUT2D eigenvalue weighted by Crippen LogP contribution is 2.29. The quantitative estimate of drug-likeness (QED) is 0.599. The van der Waals surface area contributed by atoms with Gasteiger partial charge in [-0.2, -0.15) is 18.3 Å². The van der Waals surface area contributed by atoms with Crippen molar-refractivity contribution < 1.29 is 18.0 Å². The van der Waals surface area contributed by atoms with Gasteiger partial charge in [0.1, 0.15) is 0 Å². The zero-order valence-corrected chi connectivity index (χ0v) is 13.7. The molecule has 3 aromatic heterocycles. The molecular formula is C18H12F3N5O. The average Bonchev–Trinajstić information content (AvgIpc) is 3.04. The number of aromatic nitrogens is 4. The number of rotatable bonds is 3. The molecule has 0 saturated carbocycles. The summed E-state index contributed by atoms with van der Waals surface area (Å²) in [4.78, 5) is 19.7. The summed E-state index contributed by atoms with van der Waals surface area (Å²) in [6.07, 6.45) is -0.392. The number of amides is 1. The number of nitrogens with two attached hydrogens (primary N) is 1. The molecule has 0 saturated heterocycles. The molecule has 6 nitrogen and oxygen atoms in total. The van der Waals surface area contributed by atoms with Gasteiger partial charge in [-0.3, -0.25) is 19.4 Å². The van der Waals surface area contributed by atoms with E-state index >= 15 is 0 Å². The molecule has 0 aliphatic heterocycles. The predicted molar refractivity (Wildman–Crippen MR) is 91.9 cm³/mol. The number of primary amides is 1. The Labute approximate surface area is 150 Å². The summed E-state index contributed by atoms with van der Waals surface area (Å²) in [5.74, 6) is -0.565. The van der Waals surface area contributed by atoms with Crippen molar-refractivity contribution >= 4 is 27.7 Å². The van der Waals surface area contributed by atoms with E-state index in [0.717, 1.165) is 17.6 Å². The highest BCUT2D eigenvalue weighted by Gasteiger charge is 2.30. The van der Waals surface area contributed by atoms with Gasteiger partial charge in [-0.15, -0.1) is 0 Å². The molecule has 0 aliphatic carbocycles. The second-order valence-electron chi connectivity index (χ2n) is 6.00. The molecule has 3 heterocycles. The van der Waals surface area contributed by atoms with E-state index in [1.165, 1.54) is 6.07 Å². The van der Waals surface area contributed by atoms with E-state index in [1.54, 1.807) is 35.3 Å². The fourth-order valence-electron chi connectivity index (χ4n) is 2.88. The van der Waals surface area contributed by atoms with Gasteiger partial charge in [0.15, 0.2) is 0 Å². The van der Waals surface area contributed by atoms with Crippen LogP contribution in [0.4, 0.5) is 13.2 Å². The van der Waals surface area contributed by atoms with Crippen LogP contribution in [-0.4, -0.2) is 25.7 Å². The van der Waals surface area contributed by atoms with Gasteiger partial charge in [-0.1, -0.05) is 0 Å². The van der Waals surface area contributed by atoms with E-state index in [4.69, 9.17) is 5.73 Å². The number of fused-ring (bicyclic) bond motifs is 3. The van der Waals surface area contributed by atoms with Crippen molar-refractivity contribution in [2.75, 3.05) is 0 Å². The van der Waals surface area contributed by atoms with Crippen LogP contribution in [0, 0.1) is 0 Å². The Morgan fingerprint density at radius 1 is 1.07 bits per heavy atom. The lowest BCUT2D eigenvalue weighted by Gasteiger charge is -2.09. The van der Waals surface area contributed by atoms with Crippen LogP contribution in [0.1, 0.15) is 21.6 Å². The van der Waals surface area contributed by atoms with Gasteiger partial charge in [0.25, 0.3) is 0 Å². The molecule has 0 spiro atoms. The molecule has 27 heavy (non-hydrogen) atoms. The summed E-state index contributed by atoms with van der Waals surface area (Å²) < 4.78 is 39.7. The first-order valence-corrected chi connectivity index (χ1v) is 7.89. The SMILES string of the molecule is NC(=O)c1ccc2ncc3cnn(Cc4ccc(C(F)(F)F)cn4)c3c2c1. The number of carbonyl (C=O) groups is 1. The summed E-state index contributed by atoms with van der Waals surface area (Å²) in [6.45, 7) is 0.168. The number of hydrogen-bond donors (Lipinski definition) is 1. The van der Waals surface area contributed by atoms with E-state index in [9.17, 15) is 18.0 Å². The Morgan fingerprint density at radius 2 is 1.89 bits per heavy atom. The van der Waals surface area contributed by atoms with Crippen LogP contribution in [0.2, 0.25) is 0 Å². The first kappa shape index (κ1) is 17.0. The zero-order valence-electron chi connectivity index (χ0n) is 13.7. The topological polar surface area (TPSA) is 86.7 Å². The second kappa shape index (κ2) is 6.04. The monoisotopic (exact) mass is 371 g/mol. The molecule has 136 valence electrons. The summed E-state index contributed by atoms with van der Waals surface area (Å²) in [5.41, 5.74) is 6.64. The summed E-state index contributed by atoms with van der Waals surface area (Å²) in [6, 6.07) is 7.20. The van der Waals surface area contributed by atoms with Gasteiger partial charge in [0, 0.05) is 28.7 Å². The third-order valence-electron chi connectivity index (χ3n) is 4.21. The number of carbonyl (C=O) groups excluding carboxylic acids is 1. The molecule has 9 heteroatoms. The van der Waals surface area contributed by atoms with Gasteiger partial charge in [0.05, 0.1) is 35.0 Å². The van der Waals surface area contributed by atoms with Crippen LogP contribution in [0.25, 0.3) is 21.8 Å². The Balaban J connectivity index is 1.80. The van der Waals surface area contributed by atoms with Crippen LogP contribution in [0.3, 0.4) is 0 Å². The van der Waals surface area contributed by atoms with Gasteiger partial charge in [-0.05, 0) is 30.3 Å². The minimum atomic E-state index is -4.43. The predicted octanol–water partition coefficient (Wildman–Crippen LogP) is 3.15. The van der Waals surface area contributed by atoms with Crippen molar-refractivity contribution in [3.8, 4) is 0 Å². The second-order valence-corrected chi connectivity index (χ2v) is 6.00. The van der Waals surface area contributed by atoms with Crippen LogP contribution >= 0.6 is 0 Å². The number of benzene rings is 1. The van der Waals surface area contributed by atoms with Crippen molar-refractivity contribution in [3.05, 3.63) is 65.7 Å². The van der Waals surface area contributed by atoms with Gasteiger partial charge < -0.3 is 5.73 Å². The highest BCUT2D eigenvalue weighted by molar-refractivity contribution is 6.06. The lowest BCUT2D eigenvalue weighted by atomic mass is 10.1. The van der Waals surface area contributed by atoms with E-state index in [-0.39, 0.29) is 6.54 Å². The molecule has 0 aliphatic rings. The Hall–Kier alpha value is -3.49. The van der Waals surface area contributed by atoms with Crippen LogP contribution < -0.4 is 5.73 Å². The zero-order chi connectivity index (χ0) is 19.2. The standard InChI is InChI=1S/C18H12F3N5O/c19-18(20,21)12-2-3-13(23-8-12)9-26-16-11(7-25-26)6-24-15-4-1-10(17(22)27)5-14(15)16/h1-8H,9H2,(H2,22,27). The fourth-order valence-corrected chi connectivity index (χ4v) is 2.88. The van der Waals surface area contributed by atoms with Gasteiger partial charge in [-0.25, -0.2) is 0 Å². The van der Waals surface area contributed by atoms with Crippen LogP contribution in [0.15, 0.2) is 48.9 Å². The van der Waals surface area contributed by atoms with Crippen molar-refractivity contribution in [2.45, 2.75) is 12.7 Å². The van der Waals surface area contributed by atoms with Crippen molar-refractivity contribution in [1.82, 2.24) is 19.7 Å². The number of hydrogen-bond acceptors (Lipinski definition) is 4. The summed E-state index contributed by atoms with van der Waals surface area (Å²) in [7, 11) is 0. The number of halogens is 3. The Morgan fingerprint density at radius 3 is 2.56 bits per heavy atom. The summed E-state index contributed by atoms with van der Waals surface area (Å²) in [5, 5.41) is 5.69. The molecule has 1 aromatic carbocycles. The fraction of sp³-hybridized carbons (Fsp3) is 0.111. The molecular weight excluding hydrogens is 359 g/mol. The lowest BCUT2D eigenvalue weighted by Crippen LogP contribution is -2.11. The van der Waals surface area contributed by atoms with E-state index < -0.39 is 17.6 Å². The molecule has 0 unspecified atom stereocenters. The third-order valence-corrected chi connectivity index (χ3v) is 4.21. The normalized spacial score (nSPS) is 12.0. The minimum absolute atomic E-state index is 0.168. The molecule has 1 amide bonds. The lowest BCUT2D eigenvalue weighted by molar-refractivity contribution is -0.137.